The second kappa shape index (κ2) is 6.51. The molecule has 0 saturated carbocycles. The van der Waals surface area contributed by atoms with Gasteiger partial charge < -0.3 is 9.47 Å². The highest BCUT2D eigenvalue weighted by Crippen LogP contribution is 2.21. The number of carbonyl (C=O) groups excluding carboxylic acids is 2. The van der Waals surface area contributed by atoms with Crippen LogP contribution in [0.4, 0.5) is 0 Å². The van der Waals surface area contributed by atoms with Gasteiger partial charge in [-0.15, -0.1) is 0 Å². The van der Waals surface area contributed by atoms with Crippen molar-refractivity contribution in [1.82, 2.24) is 0 Å². The normalized spacial score (nSPS) is 10.9. The minimum Gasteiger partial charge on any atom is -0.496 e. The summed E-state index contributed by atoms with van der Waals surface area (Å²) in [6, 6.07) is 4.83. The maximum atomic E-state index is 12.0. The van der Waals surface area contributed by atoms with Crippen LogP contribution in [0.1, 0.15) is 15.9 Å². The number of hydrogen-bond donors (Lipinski definition) is 0. The molecule has 0 bridgehead atoms. The van der Waals surface area contributed by atoms with Crippen molar-refractivity contribution in [3.8, 4) is 5.75 Å². The molecule has 0 heterocycles. The Kier molecular flexibility index (Phi) is 5.26. The molecule has 0 saturated heterocycles. The van der Waals surface area contributed by atoms with Gasteiger partial charge >= 0.3 is 5.97 Å². The maximum Gasteiger partial charge on any atom is 0.320 e. The minimum absolute atomic E-state index is 0.173. The van der Waals surface area contributed by atoms with Gasteiger partial charge in [0, 0.05) is 0 Å². The van der Waals surface area contributed by atoms with Gasteiger partial charge in [-0.05, 0) is 24.6 Å². The van der Waals surface area contributed by atoms with Crippen LogP contribution in [0.15, 0.2) is 18.2 Å². The van der Waals surface area contributed by atoms with Gasteiger partial charge in [-0.3, -0.25) is 9.59 Å². The Labute approximate surface area is 117 Å². The lowest BCUT2D eigenvalue weighted by Crippen LogP contribution is -2.24. The molecule has 0 aromatic heterocycles. The summed E-state index contributed by atoms with van der Waals surface area (Å²) in [5, 5.41) is 0. The topological polar surface area (TPSA) is 86.7 Å². The van der Waals surface area contributed by atoms with Crippen LogP contribution >= 0.6 is 0 Å². The second-order valence-electron chi connectivity index (χ2n) is 4.24. The zero-order valence-electron chi connectivity index (χ0n) is 11.5. The molecule has 110 valence electrons. The Morgan fingerprint density at radius 3 is 2.35 bits per heavy atom. The number of carbonyl (C=O) groups is 2. The van der Waals surface area contributed by atoms with E-state index >= 15 is 0 Å². The standard InChI is InChI=1S/C13H16O6S/c1-9-4-5-10(12(6-9)18-2)11(14)7-20(16,17)8-13(15)19-3/h4-6H,7-8H2,1-3H3. The third-order valence-electron chi connectivity index (χ3n) is 2.57. The number of methoxy groups -OCH3 is 2. The quantitative estimate of drug-likeness (QED) is 0.570. The van der Waals surface area contributed by atoms with Gasteiger partial charge in [-0.25, -0.2) is 8.42 Å². The van der Waals surface area contributed by atoms with E-state index in [-0.39, 0.29) is 5.56 Å². The fourth-order valence-electron chi connectivity index (χ4n) is 1.60. The Morgan fingerprint density at radius 2 is 1.80 bits per heavy atom. The maximum absolute atomic E-state index is 12.0. The third-order valence-corrected chi connectivity index (χ3v) is 3.95. The van der Waals surface area contributed by atoms with E-state index in [0.717, 1.165) is 12.7 Å². The van der Waals surface area contributed by atoms with Crippen LogP contribution in [-0.4, -0.2) is 45.9 Å². The fourth-order valence-corrected chi connectivity index (χ4v) is 2.73. The van der Waals surface area contributed by atoms with E-state index in [1.54, 1.807) is 12.1 Å². The van der Waals surface area contributed by atoms with E-state index in [9.17, 15) is 18.0 Å². The number of esters is 1. The molecule has 0 N–H and O–H groups in total. The molecule has 1 aromatic carbocycles. The Hall–Kier alpha value is -1.89. The van der Waals surface area contributed by atoms with Crippen LogP contribution in [-0.2, 0) is 19.4 Å². The molecule has 1 aromatic rings. The molecule has 0 aliphatic carbocycles. The third kappa shape index (κ3) is 4.34. The first kappa shape index (κ1) is 16.2. The lowest BCUT2D eigenvalue weighted by Gasteiger charge is -2.08. The first-order valence-corrected chi connectivity index (χ1v) is 7.56. The van der Waals surface area contributed by atoms with Gasteiger partial charge in [0.2, 0.25) is 0 Å². The molecule has 1 rings (SSSR count). The monoisotopic (exact) mass is 300 g/mol. The molecule has 0 fully saturated rings. The van der Waals surface area contributed by atoms with Crippen molar-refractivity contribution < 1.29 is 27.5 Å². The number of hydrogen-bond acceptors (Lipinski definition) is 6. The summed E-state index contributed by atoms with van der Waals surface area (Å²) < 4.78 is 32.7. The van der Waals surface area contributed by atoms with Crippen molar-refractivity contribution in [2.75, 3.05) is 25.7 Å². The fraction of sp³-hybridized carbons (Fsp3) is 0.385. The van der Waals surface area contributed by atoms with E-state index in [1.165, 1.54) is 13.2 Å². The number of ketones is 1. The van der Waals surface area contributed by atoms with Gasteiger partial charge in [0.25, 0.3) is 0 Å². The van der Waals surface area contributed by atoms with E-state index in [0.29, 0.717) is 5.75 Å². The number of sulfone groups is 1. The zero-order valence-corrected chi connectivity index (χ0v) is 12.3. The molecule has 0 aliphatic rings. The molecule has 0 radical (unpaired) electrons. The molecule has 0 aliphatic heterocycles. The molecule has 0 spiro atoms. The van der Waals surface area contributed by atoms with Crippen LogP contribution < -0.4 is 4.74 Å². The lowest BCUT2D eigenvalue weighted by atomic mass is 10.1. The van der Waals surface area contributed by atoms with E-state index in [2.05, 4.69) is 4.74 Å². The van der Waals surface area contributed by atoms with Crippen molar-refractivity contribution in [3.63, 3.8) is 0 Å². The summed E-state index contributed by atoms with van der Waals surface area (Å²) in [7, 11) is -1.37. The van der Waals surface area contributed by atoms with Crippen LogP contribution in [0.2, 0.25) is 0 Å². The van der Waals surface area contributed by atoms with E-state index < -0.39 is 33.1 Å². The number of aryl methyl sites for hydroxylation is 1. The Morgan fingerprint density at radius 1 is 1.15 bits per heavy atom. The van der Waals surface area contributed by atoms with Crippen LogP contribution in [0.3, 0.4) is 0 Å². The highest BCUT2D eigenvalue weighted by atomic mass is 32.2. The van der Waals surface area contributed by atoms with Gasteiger partial charge in [-0.1, -0.05) is 6.07 Å². The highest BCUT2D eigenvalue weighted by molar-refractivity contribution is 7.92. The molecule has 7 heteroatoms. The SMILES string of the molecule is COC(=O)CS(=O)(=O)CC(=O)c1ccc(C)cc1OC. The minimum atomic E-state index is -3.86. The molecule has 6 nitrogen and oxygen atoms in total. The first-order valence-electron chi connectivity index (χ1n) is 5.74. The summed E-state index contributed by atoms with van der Waals surface area (Å²) in [5.74, 6) is -2.78. The van der Waals surface area contributed by atoms with Crippen LogP contribution in [0, 0.1) is 6.92 Å². The molecule has 0 unspecified atom stereocenters. The van der Waals surface area contributed by atoms with Gasteiger partial charge in [0.15, 0.2) is 15.6 Å². The molecule has 0 amide bonds. The molecule has 0 atom stereocenters. The second-order valence-corrected chi connectivity index (χ2v) is 6.30. The van der Waals surface area contributed by atoms with Crippen molar-refractivity contribution in [1.29, 1.82) is 0 Å². The van der Waals surface area contributed by atoms with Crippen molar-refractivity contribution in [3.05, 3.63) is 29.3 Å². The number of benzene rings is 1. The largest absolute Gasteiger partial charge is 0.496 e. The number of ether oxygens (including phenoxy) is 2. The summed E-state index contributed by atoms with van der Waals surface area (Å²) in [6.07, 6.45) is 0. The van der Waals surface area contributed by atoms with Crippen molar-refractivity contribution >= 4 is 21.6 Å². The van der Waals surface area contributed by atoms with E-state index in [1.807, 2.05) is 6.92 Å². The van der Waals surface area contributed by atoms with Crippen molar-refractivity contribution in [2.45, 2.75) is 6.92 Å². The van der Waals surface area contributed by atoms with E-state index in [4.69, 9.17) is 4.74 Å². The van der Waals surface area contributed by atoms with Crippen LogP contribution in [0.25, 0.3) is 0 Å². The average molecular weight is 300 g/mol. The first-order chi connectivity index (χ1) is 9.29. The van der Waals surface area contributed by atoms with Crippen molar-refractivity contribution in [2.24, 2.45) is 0 Å². The molecular formula is C13H16O6S. The predicted molar refractivity (Wildman–Crippen MR) is 72.7 cm³/mol. The lowest BCUT2D eigenvalue weighted by molar-refractivity contribution is -0.137. The highest BCUT2D eigenvalue weighted by Gasteiger charge is 2.23. The zero-order chi connectivity index (χ0) is 15.3. The Balaban J connectivity index is 2.94. The van der Waals surface area contributed by atoms with Gasteiger partial charge in [0.1, 0.15) is 17.3 Å². The summed E-state index contributed by atoms with van der Waals surface area (Å²) in [5.41, 5.74) is 1.06. The summed E-state index contributed by atoms with van der Waals surface area (Å²) >= 11 is 0. The summed E-state index contributed by atoms with van der Waals surface area (Å²) in [4.78, 5) is 23.0. The Bertz CT molecular complexity index is 618. The smallest absolute Gasteiger partial charge is 0.320 e. The van der Waals surface area contributed by atoms with Gasteiger partial charge in [-0.2, -0.15) is 0 Å². The number of rotatable bonds is 6. The van der Waals surface area contributed by atoms with Gasteiger partial charge in [0.05, 0.1) is 19.8 Å². The predicted octanol–water partition coefficient (Wildman–Crippen LogP) is 0.774. The molecule has 20 heavy (non-hydrogen) atoms. The average Bonchev–Trinajstić information content (AvgIpc) is 2.36. The van der Waals surface area contributed by atoms with Crippen LogP contribution in [0.5, 0.6) is 5.75 Å². The number of Topliss-reactive ketones (excluding diaryl/α,β-unsaturated/α-hetero) is 1. The summed E-state index contributed by atoms with van der Waals surface area (Å²) in [6.45, 7) is 1.82. The molecular weight excluding hydrogens is 284 g/mol.